The smallest absolute Gasteiger partial charge is 0.383 e. The van der Waals surface area contributed by atoms with E-state index in [-0.39, 0.29) is 17.1 Å². The zero-order valence-electron chi connectivity index (χ0n) is 18.8. The number of esters is 1. The molecule has 0 N–H and O–H groups in total. The van der Waals surface area contributed by atoms with Crippen LogP contribution in [0.2, 0.25) is 0 Å². The number of benzene rings is 2. The highest BCUT2D eigenvalue weighted by atomic mass is 16.6. The van der Waals surface area contributed by atoms with Crippen molar-refractivity contribution in [3.8, 4) is 17.2 Å². The summed E-state index contributed by atoms with van der Waals surface area (Å²) < 4.78 is 22.9. The molecule has 0 radical (unpaired) electrons. The van der Waals surface area contributed by atoms with Crippen LogP contribution in [0.4, 0.5) is 0 Å². The number of para-hydroxylation sites is 1. The predicted octanol–water partition coefficient (Wildman–Crippen LogP) is 5.92. The van der Waals surface area contributed by atoms with E-state index in [0.29, 0.717) is 29.7 Å². The summed E-state index contributed by atoms with van der Waals surface area (Å²) in [7, 11) is 0. The summed E-state index contributed by atoms with van der Waals surface area (Å²) >= 11 is 0. The van der Waals surface area contributed by atoms with E-state index in [2.05, 4.69) is 0 Å². The maximum absolute atomic E-state index is 12.9. The number of hydrogen-bond acceptors (Lipinski definition) is 6. The first-order chi connectivity index (χ1) is 15.3. The minimum atomic E-state index is -0.814. The minimum absolute atomic E-state index is 0.157. The van der Waals surface area contributed by atoms with Crippen molar-refractivity contribution in [1.82, 2.24) is 0 Å². The highest BCUT2D eigenvalue weighted by Gasteiger charge is 2.24. The molecule has 6 heteroatoms. The molecule has 0 amide bonds. The molecule has 2 aromatic carbocycles. The maximum Gasteiger partial charge on any atom is 0.383 e. The van der Waals surface area contributed by atoms with Gasteiger partial charge in [0.25, 0.3) is 5.75 Å². The van der Waals surface area contributed by atoms with Crippen LogP contribution < -0.4 is 19.8 Å². The van der Waals surface area contributed by atoms with Gasteiger partial charge in [-0.05, 0) is 57.9 Å². The summed E-state index contributed by atoms with van der Waals surface area (Å²) in [6.45, 7) is 8.05. The van der Waals surface area contributed by atoms with E-state index in [4.69, 9.17) is 18.6 Å². The van der Waals surface area contributed by atoms with Gasteiger partial charge in [-0.15, -0.1) is 0 Å². The topological polar surface area (TPSA) is 75.0 Å². The van der Waals surface area contributed by atoms with Gasteiger partial charge >= 0.3 is 11.6 Å². The Morgan fingerprint density at radius 1 is 1.00 bits per heavy atom. The average Bonchev–Trinajstić information content (AvgIpc) is 2.75. The number of fused-ring (bicyclic) bond motifs is 1. The number of allylic oxidation sites excluding steroid dienone is 1. The van der Waals surface area contributed by atoms with Crippen molar-refractivity contribution in [3.63, 3.8) is 0 Å². The summed E-state index contributed by atoms with van der Waals surface area (Å²) in [5.41, 5.74) is -0.761. The van der Waals surface area contributed by atoms with Crippen LogP contribution in [-0.2, 0) is 0 Å². The van der Waals surface area contributed by atoms with E-state index in [1.807, 2.05) is 39.8 Å². The van der Waals surface area contributed by atoms with Gasteiger partial charge in [0.05, 0.1) is 17.6 Å². The van der Waals surface area contributed by atoms with Crippen molar-refractivity contribution in [3.05, 3.63) is 76.7 Å². The molecule has 0 aliphatic heterocycles. The third-order valence-corrected chi connectivity index (χ3v) is 4.36. The lowest BCUT2D eigenvalue weighted by Crippen LogP contribution is -2.23. The Kier molecular flexibility index (Phi) is 7.36. The summed E-state index contributed by atoms with van der Waals surface area (Å²) in [5, 5.41) is 0.488. The largest absolute Gasteiger partial charge is 0.488 e. The monoisotopic (exact) mass is 436 g/mol. The number of carbonyl (C=O) groups excluding carboxylic acids is 1. The van der Waals surface area contributed by atoms with E-state index in [9.17, 15) is 9.59 Å². The molecule has 32 heavy (non-hydrogen) atoms. The van der Waals surface area contributed by atoms with Gasteiger partial charge in [0.1, 0.15) is 5.60 Å². The van der Waals surface area contributed by atoms with Gasteiger partial charge in [-0.3, -0.25) is 0 Å². The Labute approximate surface area is 187 Å². The van der Waals surface area contributed by atoms with Crippen LogP contribution in [0.15, 0.2) is 69.9 Å². The molecule has 0 fully saturated rings. The molecule has 168 valence electrons. The van der Waals surface area contributed by atoms with Crippen molar-refractivity contribution in [1.29, 1.82) is 0 Å². The van der Waals surface area contributed by atoms with Crippen LogP contribution in [0.25, 0.3) is 11.0 Å². The lowest BCUT2D eigenvalue weighted by Gasteiger charge is -2.22. The highest BCUT2D eigenvalue weighted by molar-refractivity contribution is 5.94. The highest BCUT2D eigenvalue weighted by Crippen LogP contribution is 2.38. The fraction of sp³-hybridized carbons (Fsp3) is 0.308. The van der Waals surface area contributed by atoms with Gasteiger partial charge in [0.2, 0.25) is 0 Å². The van der Waals surface area contributed by atoms with Gasteiger partial charge in [-0.2, -0.15) is 0 Å². The summed E-state index contributed by atoms with van der Waals surface area (Å²) in [6.07, 6.45) is 5.59. The average molecular weight is 437 g/mol. The lowest BCUT2D eigenvalue weighted by atomic mass is 10.1. The first-order valence-electron chi connectivity index (χ1n) is 10.6. The number of ether oxygens (including phenoxy) is 3. The molecule has 0 saturated heterocycles. The van der Waals surface area contributed by atoms with Crippen LogP contribution in [0.3, 0.4) is 0 Å². The Bertz CT molecular complexity index is 1150. The lowest BCUT2D eigenvalue weighted by molar-refractivity contribution is 0.0721. The van der Waals surface area contributed by atoms with Crippen molar-refractivity contribution in [2.45, 2.75) is 46.1 Å². The first-order valence-corrected chi connectivity index (χ1v) is 10.6. The number of hydrogen-bond donors (Lipinski definition) is 0. The van der Waals surface area contributed by atoms with Gasteiger partial charge in [-0.1, -0.05) is 43.3 Å². The third-order valence-electron chi connectivity index (χ3n) is 4.36. The van der Waals surface area contributed by atoms with Crippen LogP contribution in [0.5, 0.6) is 17.2 Å². The van der Waals surface area contributed by atoms with Crippen molar-refractivity contribution < 1.29 is 23.4 Å². The SMILES string of the molecule is CC/C=C/CCOc1c(OC(=O)c2ccccc2)c(=O)oc2c(OC(C)(C)C)cccc12. The van der Waals surface area contributed by atoms with Crippen LogP contribution >= 0.6 is 0 Å². The molecule has 0 aliphatic rings. The molecule has 0 aliphatic carbocycles. The number of rotatable bonds is 8. The zero-order valence-corrected chi connectivity index (χ0v) is 18.8. The second kappa shape index (κ2) is 10.2. The molecule has 0 saturated carbocycles. The Balaban J connectivity index is 2.07. The van der Waals surface area contributed by atoms with Gasteiger partial charge < -0.3 is 18.6 Å². The first kappa shape index (κ1) is 23.1. The summed E-state index contributed by atoms with van der Waals surface area (Å²) in [5.74, 6) is -0.387. The van der Waals surface area contributed by atoms with E-state index in [1.54, 1.807) is 48.5 Å². The summed E-state index contributed by atoms with van der Waals surface area (Å²) in [6, 6.07) is 13.7. The van der Waals surface area contributed by atoms with Crippen molar-refractivity contribution in [2.75, 3.05) is 6.61 Å². The Hall–Kier alpha value is -3.54. The molecular weight excluding hydrogens is 408 g/mol. The second-order valence-corrected chi connectivity index (χ2v) is 8.17. The second-order valence-electron chi connectivity index (χ2n) is 8.17. The number of carbonyl (C=O) groups is 1. The molecule has 1 heterocycles. The molecule has 3 rings (SSSR count). The fourth-order valence-electron chi connectivity index (χ4n) is 3.03. The van der Waals surface area contributed by atoms with E-state index in [1.165, 1.54) is 0 Å². The van der Waals surface area contributed by atoms with E-state index >= 15 is 0 Å². The fourth-order valence-corrected chi connectivity index (χ4v) is 3.03. The van der Waals surface area contributed by atoms with Crippen LogP contribution in [0, 0.1) is 0 Å². The minimum Gasteiger partial charge on any atom is -0.488 e. The quantitative estimate of drug-likeness (QED) is 0.189. The zero-order chi connectivity index (χ0) is 23.1. The molecule has 0 spiro atoms. The Morgan fingerprint density at radius 2 is 1.75 bits per heavy atom. The van der Waals surface area contributed by atoms with E-state index in [0.717, 1.165) is 6.42 Å². The molecule has 0 atom stereocenters. The van der Waals surface area contributed by atoms with Crippen molar-refractivity contribution in [2.24, 2.45) is 0 Å². The molecular formula is C26H28O6. The van der Waals surface area contributed by atoms with Gasteiger partial charge in [0, 0.05) is 0 Å². The van der Waals surface area contributed by atoms with Crippen LogP contribution in [-0.4, -0.2) is 18.2 Å². The standard InChI is InChI=1S/C26H28O6/c1-5-6-7-11-17-29-22-19-15-12-16-20(32-26(2,3)4)21(19)30-25(28)23(22)31-24(27)18-13-9-8-10-14-18/h6-10,12-16H,5,11,17H2,1-4H3/b7-6+. The maximum atomic E-state index is 12.9. The van der Waals surface area contributed by atoms with Gasteiger partial charge in [-0.25, -0.2) is 9.59 Å². The molecule has 1 aromatic heterocycles. The van der Waals surface area contributed by atoms with E-state index < -0.39 is 17.2 Å². The predicted molar refractivity (Wildman–Crippen MR) is 124 cm³/mol. The third kappa shape index (κ3) is 5.78. The normalized spacial score (nSPS) is 11.6. The molecule has 3 aromatic rings. The molecule has 0 unspecified atom stereocenters. The Morgan fingerprint density at radius 3 is 2.44 bits per heavy atom. The van der Waals surface area contributed by atoms with Gasteiger partial charge in [0.15, 0.2) is 17.1 Å². The molecule has 6 nitrogen and oxygen atoms in total. The van der Waals surface area contributed by atoms with Crippen molar-refractivity contribution >= 4 is 16.9 Å². The molecule has 0 bridgehead atoms. The summed E-state index contributed by atoms with van der Waals surface area (Å²) in [4.78, 5) is 25.5. The van der Waals surface area contributed by atoms with Crippen LogP contribution in [0.1, 0.15) is 50.9 Å².